The van der Waals surface area contributed by atoms with E-state index in [0.717, 1.165) is 0 Å². The molecule has 0 N–H and O–H groups in total. The molecule has 2 aromatic heterocycles. The summed E-state index contributed by atoms with van der Waals surface area (Å²) < 4.78 is 5.12. The van der Waals surface area contributed by atoms with Crippen molar-refractivity contribution >= 4 is 28.9 Å². The van der Waals surface area contributed by atoms with Gasteiger partial charge in [0.05, 0.1) is 27.8 Å². The highest BCUT2D eigenvalue weighted by Crippen LogP contribution is 2.26. The van der Waals surface area contributed by atoms with Gasteiger partial charge >= 0.3 is 5.97 Å². The summed E-state index contributed by atoms with van der Waals surface area (Å²) in [6.45, 7) is 3.86. The number of aromatic nitrogens is 2. The largest absolute Gasteiger partial charge is 0.365 e. The maximum absolute atomic E-state index is 12.4. The standard InChI is InChI=1S/C18H13N3O5/c1-9(2)14-13-7-10(8-19-15(13)25-20-14)18(24)26-21-16(22)11-5-3-4-6-12(11)17(21)23/h3-9H,1-2H3. The number of fused-ring (bicyclic) bond motifs is 2. The van der Waals surface area contributed by atoms with Crippen LogP contribution in [-0.4, -0.2) is 33.0 Å². The van der Waals surface area contributed by atoms with E-state index in [2.05, 4.69) is 10.1 Å². The molecule has 0 spiro atoms. The monoisotopic (exact) mass is 351 g/mol. The van der Waals surface area contributed by atoms with E-state index in [4.69, 9.17) is 9.36 Å². The zero-order chi connectivity index (χ0) is 18.4. The van der Waals surface area contributed by atoms with Gasteiger partial charge in [-0.1, -0.05) is 36.2 Å². The van der Waals surface area contributed by atoms with Crippen LogP contribution in [0.1, 0.15) is 56.5 Å². The van der Waals surface area contributed by atoms with Crippen LogP contribution >= 0.6 is 0 Å². The number of carbonyl (C=O) groups is 3. The predicted molar refractivity (Wildman–Crippen MR) is 88.3 cm³/mol. The summed E-state index contributed by atoms with van der Waals surface area (Å²) in [4.78, 5) is 46.1. The van der Waals surface area contributed by atoms with Gasteiger partial charge in [0.2, 0.25) is 0 Å². The molecule has 26 heavy (non-hydrogen) atoms. The van der Waals surface area contributed by atoms with E-state index in [9.17, 15) is 14.4 Å². The zero-order valence-corrected chi connectivity index (χ0v) is 13.9. The van der Waals surface area contributed by atoms with E-state index in [1.165, 1.54) is 24.4 Å². The normalized spacial score (nSPS) is 13.6. The summed E-state index contributed by atoms with van der Waals surface area (Å²) in [6, 6.07) is 7.79. The number of hydroxylamine groups is 2. The number of benzene rings is 1. The minimum atomic E-state index is -0.871. The molecule has 0 atom stereocenters. The van der Waals surface area contributed by atoms with Crippen LogP contribution in [0.5, 0.6) is 0 Å². The van der Waals surface area contributed by atoms with Crippen LogP contribution in [0.4, 0.5) is 0 Å². The average Bonchev–Trinajstić information content (AvgIpc) is 3.17. The molecular weight excluding hydrogens is 338 g/mol. The molecule has 8 heteroatoms. The molecule has 2 amide bonds. The first-order chi connectivity index (χ1) is 12.5. The highest BCUT2D eigenvalue weighted by molar-refractivity contribution is 6.21. The van der Waals surface area contributed by atoms with E-state index in [1.54, 1.807) is 12.1 Å². The van der Waals surface area contributed by atoms with Crippen molar-refractivity contribution in [3.63, 3.8) is 0 Å². The molecular formula is C18H13N3O5. The van der Waals surface area contributed by atoms with Gasteiger partial charge in [-0.25, -0.2) is 9.78 Å². The Morgan fingerprint density at radius 2 is 1.81 bits per heavy atom. The lowest BCUT2D eigenvalue weighted by Crippen LogP contribution is -2.32. The third kappa shape index (κ3) is 2.34. The number of hydrogen-bond acceptors (Lipinski definition) is 7. The Bertz CT molecular complexity index is 1030. The molecule has 0 saturated heterocycles. The van der Waals surface area contributed by atoms with Crippen molar-refractivity contribution in [3.8, 4) is 0 Å². The summed E-state index contributed by atoms with van der Waals surface area (Å²) in [7, 11) is 0. The second-order valence-corrected chi connectivity index (χ2v) is 6.13. The number of hydrogen-bond donors (Lipinski definition) is 0. The van der Waals surface area contributed by atoms with Gasteiger partial charge in [0, 0.05) is 6.20 Å². The van der Waals surface area contributed by atoms with Crippen molar-refractivity contribution in [3.05, 3.63) is 58.9 Å². The molecule has 3 heterocycles. The van der Waals surface area contributed by atoms with E-state index >= 15 is 0 Å². The smallest absolute Gasteiger partial charge is 0.336 e. The molecule has 0 bridgehead atoms. The third-order valence-electron chi connectivity index (χ3n) is 4.07. The summed E-state index contributed by atoms with van der Waals surface area (Å²) in [6.07, 6.45) is 1.25. The Labute approximate surface area is 147 Å². The lowest BCUT2D eigenvalue weighted by Gasteiger charge is -2.12. The number of imide groups is 1. The summed E-state index contributed by atoms with van der Waals surface area (Å²) >= 11 is 0. The van der Waals surface area contributed by atoms with Crippen molar-refractivity contribution in [2.24, 2.45) is 0 Å². The van der Waals surface area contributed by atoms with Crippen LogP contribution in [0.2, 0.25) is 0 Å². The van der Waals surface area contributed by atoms with E-state index in [-0.39, 0.29) is 22.6 Å². The number of carbonyl (C=O) groups excluding carboxylic acids is 3. The Hall–Kier alpha value is -3.55. The minimum absolute atomic E-state index is 0.0700. The van der Waals surface area contributed by atoms with Crippen LogP contribution in [0, 0.1) is 0 Å². The first-order valence-electron chi connectivity index (χ1n) is 7.93. The second-order valence-electron chi connectivity index (χ2n) is 6.13. The number of pyridine rings is 1. The van der Waals surface area contributed by atoms with Crippen LogP contribution < -0.4 is 0 Å². The molecule has 0 fully saturated rings. The van der Waals surface area contributed by atoms with Gasteiger partial charge in [0.1, 0.15) is 0 Å². The molecule has 0 radical (unpaired) electrons. The highest BCUT2D eigenvalue weighted by atomic mass is 16.7. The van der Waals surface area contributed by atoms with Gasteiger partial charge in [0.15, 0.2) is 0 Å². The second kappa shape index (κ2) is 5.76. The third-order valence-corrected chi connectivity index (χ3v) is 4.07. The number of amides is 2. The van der Waals surface area contributed by atoms with Crippen molar-refractivity contribution in [1.29, 1.82) is 0 Å². The molecule has 1 aromatic carbocycles. The van der Waals surface area contributed by atoms with E-state index in [1.807, 2.05) is 13.8 Å². The minimum Gasteiger partial charge on any atom is -0.336 e. The van der Waals surface area contributed by atoms with Gasteiger partial charge in [-0.3, -0.25) is 9.59 Å². The fraction of sp³-hybridized carbons (Fsp3) is 0.167. The van der Waals surface area contributed by atoms with E-state index < -0.39 is 17.8 Å². The van der Waals surface area contributed by atoms with Crippen LogP contribution in [0.15, 0.2) is 41.1 Å². The molecule has 0 unspecified atom stereocenters. The molecule has 1 aliphatic rings. The van der Waals surface area contributed by atoms with Crippen molar-refractivity contribution in [2.45, 2.75) is 19.8 Å². The molecule has 1 aliphatic heterocycles. The van der Waals surface area contributed by atoms with Gasteiger partial charge in [0.25, 0.3) is 17.5 Å². The van der Waals surface area contributed by atoms with Gasteiger partial charge < -0.3 is 9.36 Å². The van der Waals surface area contributed by atoms with Gasteiger partial charge in [-0.2, -0.15) is 0 Å². The molecule has 0 saturated carbocycles. The molecule has 3 aromatic rings. The molecule has 130 valence electrons. The molecule has 8 nitrogen and oxygen atoms in total. The zero-order valence-electron chi connectivity index (χ0n) is 13.9. The first-order valence-corrected chi connectivity index (χ1v) is 7.93. The lowest BCUT2D eigenvalue weighted by atomic mass is 10.1. The Morgan fingerprint density at radius 3 is 2.42 bits per heavy atom. The SMILES string of the molecule is CC(C)c1noc2ncc(C(=O)ON3C(=O)c4ccccc4C3=O)cc12. The van der Waals surface area contributed by atoms with Crippen molar-refractivity contribution < 1.29 is 23.7 Å². The number of rotatable bonds is 3. The Morgan fingerprint density at radius 1 is 1.15 bits per heavy atom. The molecule has 0 aliphatic carbocycles. The Kier molecular flexibility index (Phi) is 3.54. The van der Waals surface area contributed by atoms with Crippen molar-refractivity contribution in [2.75, 3.05) is 0 Å². The lowest BCUT2D eigenvalue weighted by molar-refractivity contribution is -0.0584. The van der Waals surface area contributed by atoms with Crippen LogP contribution in [-0.2, 0) is 4.84 Å². The summed E-state index contributed by atoms with van der Waals surface area (Å²) in [5.74, 6) is -2.16. The first kappa shape index (κ1) is 15.9. The fourth-order valence-corrected chi connectivity index (χ4v) is 2.76. The maximum Gasteiger partial charge on any atom is 0.365 e. The maximum atomic E-state index is 12.4. The average molecular weight is 351 g/mol. The molecule has 4 rings (SSSR count). The van der Waals surface area contributed by atoms with Crippen molar-refractivity contribution in [1.82, 2.24) is 15.2 Å². The quantitative estimate of drug-likeness (QED) is 0.668. The van der Waals surface area contributed by atoms with Crippen LogP contribution in [0.3, 0.4) is 0 Å². The summed E-state index contributed by atoms with van der Waals surface area (Å²) in [5, 5.41) is 4.99. The predicted octanol–water partition coefficient (Wildman–Crippen LogP) is 2.71. The van der Waals surface area contributed by atoms with Gasteiger partial charge in [-0.05, 0) is 24.1 Å². The number of nitrogens with zero attached hydrogens (tertiary/aromatic N) is 3. The van der Waals surface area contributed by atoms with Crippen LogP contribution in [0.25, 0.3) is 11.1 Å². The topological polar surface area (TPSA) is 103 Å². The highest BCUT2D eigenvalue weighted by Gasteiger charge is 2.38. The van der Waals surface area contributed by atoms with E-state index in [0.29, 0.717) is 21.9 Å². The van der Waals surface area contributed by atoms with Gasteiger partial charge in [-0.15, -0.1) is 0 Å². The summed E-state index contributed by atoms with van der Waals surface area (Å²) in [5.41, 5.74) is 1.42. The fourth-order valence-electron chi connectivity index (χ4n) is 2.76. The Balaban J connectivity index is 1.63.